The van der Waals surface area contributed by atoms with Gasteiger partial charge in [0.15, 0.2) is 5.11 Å². The van der Waals surface area contributed by atoms with Crippen molar-refractivity contribution in [1.29, 1.82) is 0 Å². The van der Waals surface area contributed by atoms with Gasteiger partial charge in [0.25, 0.3) is 6.43 Å². The monoisotopic (exact) mass is 180 g/mol. The molecule has 11 heavy (non-hydrogen) atoms. The number of halogens is 2. The summed E-state index contributed by atoms with van der Waals surface area (Å²) in [5, 5.41) is 5.66. The number of rotatable bonds is 3. The summed E-state index contributed by atoms with van der Waals surface area (Å²) in [7, 11) is 0. The molecule has 1 aliphatic rings. The molecule has 0 saturated heterocycles. The maximum Gasteiger partial charge on any atom is 0.255 e. The molecule has 0 bridgehead atoms. The fourth-order valence-electron chi connectivity index (χ4n) is 0.634. The maximum atomic E-state index is 11.6. The van der Waals surface area contributed by atoms with E-state index in [0.717, 1.165) is 12.8 Å². The summed E-state index contributed by atoms with van der Waals surface area (Å²) >= 11 is 4.73. The molecule has 64 valence electrons. The van der Waals surface area contributed by atoms with Gasteiger partial charge in [-0.2, -0.15) is 0 Å². The molecule has 1 rings (SSSR count). The zero-order chi connectivity index (χ0) is 8.27. The number of hydrogen-bond acceptors (Lipinski definition) is 1. The average Bonchev–Trinajstić information content (AvgIpc) is 2.67. The van der Waals surface area contributed by atoms with E-state index in [2.05, 4.69) is 10.6 Å². The molecule has 1 saturated carbocycles. The van der Waals surface area contributed by atoms with E-state index in [1.54, 1.807) is 0 Å². The highest BCUT2D eigenvalue weighted by Gasteiger charge is 2.21. The first-order chi connectivity index (χ1) is 5.18. The first-order valence-electron chi connectivity index (χ1n) is 3.51. The van der Waals surface area contributed by atoms with Crippen LogP contribution in [-0.4, -0.2) is 24.1 Å². The molecule has 1 aliphatic carbocycles. The van der Waals surface area contributed by atoms with Crippen molar-refractivity contribution < 1.29 is 8.78 Å². The van der Waals surface area contributed by atoms with Crippen LogP contribution in [0.25, 0.3) is 0 Å². The Hall–Kier alpha value is -0.450. The van der Waals surface area contributed by atoms with Crippen LogP contribution in [0, 0.1) is 0 Å². The summed E-state index contributed by atoms with van der Waals surface area (Å²) < 4.78 is 23.2. The van der Waals surface area contributed by atoms with E-state index < -0.39 is 6.43 Å². The Labute approximate surface area is 69.3 Å². The minimum absolute atomic E-state index is 0.341. The molecule has 0 aromatic rings. The third kappa shape index (κ3) is 4.08. The van der Waals surface area contributed by atoms with Crippen molar-refractivity contribution in [3.05, 3.63) is 0 Å². The lowest BCUT2D eigenvalue weighted by atomic mass is 10.6. The van der Waals surface area contributed by atoms with Crippen LogP contribution in [-0.2, 0) is 0 Å². The van der Waals surface area contributed by atoms with E-state index >= 15 is 0 Å². The predicted octanol–water partition coefficient (Wildman–Crippen LogP) is 0.878. The lowest BCUT2D eigenvalue weighted by molar-refractivity contribution is 0.152. The second kappa shape index (κ2) is 3.80. The highest BCUT2D eigenvalue weighted by Crippen LogP contribution is 2.18. The van der Waals surface area contributed by atoms with Gasteiger partial charge in [-0.3, -0.25) is 0 Å². The maximum absolute atomic E-state index is 11.6. The van der Waals surface area contributed by atoms with Crippen molar-refractivity contribution in [2.45, 2.75) is 25.3 Å². The Morgan fingerprint density at radius 2 is 2.18 bits per heavy atom. The minimum Gasteiger partial charge on any atom is -0.360 e. The standard InChI is InChI=1S/C6H10F2N2S/c7-5(8)3-9-6(11)10-4-1-2-4/h4-5H,1-3H2,(H2,9,10,11). The lowest BCUT2D eigenvalue weighted by Gasteiger charge is -2.07. The van der Waals surface area contributed by atoms with Crippen LogP contribution in [0.5, 0.6) is 0 Å². The van der Waals surface area contributed by atoms with E-state index in [0.29, 0.717) is 11.2 Å². The summed E-state index contributed by atoms with van der Waals surface area (Å²) in [6.07, 6.45) is -0.151. The molecule has 0 radical (unpaired) electrons. The zero-order valence-electron chi connectivity index (χ0n) is 5.94. The van der Waals surface area contributed by atoms with Crippen LogP contribution in [0.2, 0.25) is 0 Å². The van der Waals surface area contributed by atoms with Crippen molar-refractivity contribution in [1.82, 2.24) is 10.6 Å². The number of nitrogens with one attached hydrogen (secondary N) is 2. The van der Waals surface area contributed by atoms with Gasteiger partial charge in [-0.1, -0.05) is 0 Å². The van der Waals surface area contributed by atoms with Gasteiger partial charge < -0.3 is 10.6 Å². The Balaban J connectivity index is 2.00. The SMILES string of the molecule is FC(F)CNC(=S)NC1CC1. The largest absolute Gasteiger partial charge is 0.360 e. The van der Waals surface area contributed by atoms with Crippen LogP contribution in [0.15, 0.2) is 0 Å². The van der Waals surface area contributed by atoms with Gasteiger partial charge in [0.05, 0.1) is 6.54 Å². The second-order valence-electron chi connectivity index (χ2n) is 2.52. The fraction of sp³-hybridized carbons (Fsp3) is 0.833. The van der Waals surface area contributed by atoms with Crippen LogP contribution < -0.4 is 10.6 Å². The summed E-state index contributed by atoms with van der Waals surface area (Å²) in [4.78, 5) is 0. The molecule has 5 heteroatoms. The number of hydrogen-bond donors (Lipinski definition) is 2. The van der Waals surface area contributed by atoms with Gasteiger partial charge in [0, 0.05) is 6.04 Å². The normalized spacial score (nSPS) is 16.6. The molecule has 0 unspecified atom stereocenters. The van der Waals surface area contributed by atoms with Gasteiger partial charge in [-0.05, 0) is 25.1 Å². The lowest BCUT2D eigenvalue weighted by Crippen LogP contribution is -2.38. The van der Waals surface area contributed by atoms with E-state index in [1.165, 1.54) is 0 Å². The van der Waals surface area contributed by atoms with Crippen molar-refractivity contribution in [2.24, 2.45) is 0 Å². The molecular weight excluding hydrogens is 170 g/mol. The Kier molecular flexibility index (Phi) is 2.99. The highest BCUT2D eigenvalue weighted by molar-refractivity contribution is 7.80. The molecule has 1 fully saturated rings. The molecular formula is C6H10F2N2S. The molecule has 0 aliphatic heterocycles. The van der Waals surface area contributed by atoms with E-state index in [-0.39, 0.29) is 6.54 Å². The van der Waals surface area contributed by atoms with Crippen molar-refractivity contribution in [3.8, 4) is 0 Å². The molecule has 0 atom stereocenters. The van der Waals surface area contributed by atoms with Crippen molar-refractivity contribution >= 4 is 17.3 Å². The summed E-state index contributed by atoms with van der Waals surface area (Å²) in [5.74, 6) is 0. The zero-order valence-corrected chi connectivity index (χ0v) is 6.76. The first-order valence-corrected chi connectivity index (χ1v) is 3.92. The van der Waals surface area contributed by atoms with Gasteiger partial charge in [-0.15, -0.1) is 0 Å². The summed E-state index contributed by atoms with van der Waals surface area (Å²) in [5.41, 5.74) is 0. The van der Waals surface area contributed by atoms with Gasteiger partial charge in [0.2, 0.25) is 0 Å². The Morgan fingerprint density at radius 3 is 2.64 bits per heavy atom. The van der Waals surface area contributed by atoms with E-state index in [1.807, 2.05) is 0 Å². The molecule has 0 aromatic heterocycles. The average molecular weight is 180 g/mol. The van der Waals surface area contributed by atoms with Crippen LogP contribution >= 0.6 is 12.2 Å². The smallest absolute Gasteiger partial charge is 0.255 e. The quantitative estimate of drug-likeness (QED) is 0.630. The van der Waals surface area contributed by atoms with Gasteiger partial charge >= 0.3 is 0 Å². The number of alkyl halides is 2. The molecule has 2 nitrogen and oxygen atoms in total. The fourth-order valence-corrected chi connectivity index (χ4v) is 0.884. The van der Waals surface area contributed by atoms with E-state index in [9.17, 15) is 8.78 Å². The predicted molar refractivity (Wildman–Crippen MR) is 42.8 cm³/mol. The molecule has 0 spiro atoms. The number of thiocarbonyl (C=S) groups is 1. The highest BCUT2D eigenvalue weighted by atomic mass is 32.1. The third-order valence-electron chi connectivity index (χ3n) is 1.33. The topological polar surface area (TPSA) is 24.1 Å². The first kappa shape index (κ1) is 8.64. The third-order valence-corrected chi connectivity index (χ3v) is 1.59. The second-order valence-corrected chi connectivity index (χ2v) is 2.93. The Morgan fingerprint density at radius 1 is 1.55 bits per heavy atom. The van der Waals surface area contributed by atoms with Crippen LogP contribution in [0.1, 0.15) is 12.8 Å². The Bertz CT molecular complexity index is 148. The summed E-state index contributed by atoms with van der Waals surface area (Å²) in [6.45, 7) is -0.363. The molecule has 0 heterocycles. The van der Waals surface area contributed by atoms with Gasteiger partial charge in [-0.25, -0.2) is 8.78 Å². The van der Waals surface area contributed by atoms with Crippen molar-refractivity contribution in [3.63, 3.8) is 0 Å². The molecule has 0 aromatic carbocycles. The van der Waals surface area contributed by atoms with E-state index in [4.69, 9.17) is 12.2 Å². The van der Waals surface area contributed by atoms with Crippen molar-refractivity contribution in [2.75, 3.05) is 6.54 Å². The molecule has 0 amide bonds. The van der Waals surface area contributed by atoms with Crippen LogP contribution in [0.3, 0.4) is 0 Å². The summed E-state index contributed by atoms with van der Waals surface area (Å²) in [6, 6.07) is 0.424. The minimum atomic E-state index is -2.34. The van der Waals surface area contributed by atoms with Crippen LogP contribution in [0.4, 0.5) is 8.78 Å². The van der Waals surface area contributed by atoms with Gasteiger partial charge in [0.1, 0.15) is 0 Å². The molecule has 2 N–H and O–H groups in total.